The predicted octanol–water partition coefficient (Wildman–Crippen LogP) is 6.40. The Morgan fingerprint density at radius 3 is 2.28 bits per heavy atom. The van der Waals surface area contributed by atoms with Crippen LogP contribution in [0.1, 0.15) is 27.2 Å². The van der Waals surface area contributed by atoms with E-state index in [1.807, 2.05) is 24.3 Å². The van der Waals surface area contributed by atoms with Crippen LogP contribution in [-0.4, -0.2) is 22.3 Å². The third-order valence-corrected chi connectivity index (χ3v) is 7.15. The molecule has 172 valence electrons. The van der Waals surface area contributed by atoms with Crippen molar-refractivity contribution < 1.29 is 4.79 Å². The zero-order valence-electron chi connectivity index (χ0n) is 19.5. The molecule has 0 atom stereocenters. The molecular formula is C31H22N4O. The summed E-state index contributed by atoms with van der Waals surface area (Å²) in [4.78, 5) is 12.9. The Kier molecular flexibility index (Phi) is 4.67. The highest BCUT2D eigenvalue weighted by molar-refractivity contribution is 6.13. The van der Waals surface area contributed by atoms with Gasteiger partial charge in [-0.15, -0.1) is 0 Å². The monoisotopic (exact) mass is 466 g/mol. The van der Waals surface area contributed by atoms with E-state index < -0.39 is 0 Å². The van der Waals surface area contributed by atoms with Gasteiger partial charge < -0.3 is 0 Å². The molecule has 1 aliphatic carbocycles. The first-order valence-corrected chi connectivity index (χ1v) is 12.1. The second-order valence-corrected chi connectivity index (χ2v) is 9.21. The number of carbonyl (C=O) groups excluding carboxylic acids is 1. The lowest BCUT2D eigenvalue weighted by Gasteiger charge is -2.07. The molecule has 36 heavy (non-hydrogen) atoms. The summed E-state index contributed by atoms with van der Waals surface area (Å²) in [5.74, 6) is -0.333. The maximum absolute atomic E-state index is 12.9. The molecule has 0 fully saturated rings. The van der Waals surface area contributed by atoms with Crippen LogP contribution in [0.2, 0.25) is 0 Å². The van der Waals surface area contributed by atoms with Crippen molar-refractivity contribution >= 4 is 44.4 Å². The van der Waals surface area contributed by atoms with Crippen molar-refractivity contribution in [3.63, 3.8) is 0 Å². The molecule has 2 N–H and O–H groups in total. The van der Waals surface area contributed by atoms with Crippen LogP contribution >= 0.6 is 0 Å². The van der Waals surface area contributed by atoms with Crippen LogP contribution in [0.5, 0.6) is 0 Å². The number of fused-ring (bicyclic) bond motifs is 2. The minimum Gasteiger partial charge on any atom is -0.272 e. The van der Waals surface area contributed by atoms with E-state index >= 15 is 0 Å². The number of H-pyrrole nitrogens is 1. The topological polar surface area (TPSA) is 70.1 Å². The molecule has 0 spiro atoms. The Bertz CT molecular complexity index is 1780. The molecule has 6 aromatic rings. The quantitative estimate of drug-likeness (QED) is 0.179. The number of hydrogen-bond acceptors (Lipinski definition) is 3. The van der Waals surface area contributed by atoms with Crippen molar-refractivity contribution in [2.24, 2.45) is 5.10 Å². The van der Waals surface area contributed by atoms with E-state index in [0.29, 0.717) is 5.69 Å². The fraction of sp³-hybridized carbons (Fsp3) is 0.0645. The van der Waals surface area contributed by atoms with Crippen LogP contribution in [0, 0.1) is 0 Å². The molecule has 5 heteroatoms. The van der Waals surface area contributed by atoms with E-state index in [4.69, 9.17) is 0 Å². The molecular weight excluding hydrogens is 444 g/mol. The van der Waals surface area contributed by atoms with E-state index in [2.05, 4.69) is 81.4 Å². The van der Waals surface area contributed by atoms with Gasteiger partial charge in [0.1, 0.15) is 5.69 Å². The van der Waals surface area contributed by atoms with Crippen LogP contribution < -0.4 is 5.43 Å². The summed E-state index contributed by atoms with van der Waals surface area (Å²) < 4.78 is 0. The molecule has 1 heterocycles. The number of amides is 1. The van der Waals surface area contributed by atoms with Crippen LogP contribution in [0.3, 0.4) is 0 Å². The molecule has 7 rings (SSSR count). The van der Waals surface area contributed by atoms with Gasteiger partial charge in [0.25, 0.3) is 5.91 Å². The predicted molar refractivity (Wildman–Crippen MR) is 145 cm³/mol. The lowest BCUT2D eigenvalue weighted by atomic mass is 9.97. The molecule has 0 saturated heterocycles. The zero-order chi connectivity index (χ0) is 24.1. The van der Waals surface area contributed by atoms with E-state index in [1.54, 1.807) is 12.3 Å². The summed E-state index contributed by atoms with van der Waals surface area (Å²) in [7, 11) is 0. The number of aromatic amines is 1. The van der Waals surface area contributed by atoms with Crippen molar-refractivity contribution in [2.75, 3.05) is 0 Å². The Morgan fingerprint density at radius 2 is 1.50 bits per heavy atom. The summed E-state index contributed by atoms with van der Waals surface area (Å²) >= 11 is 0. The Labute approximate surface area is 207 Å². The first kappa shape index (κ1) is 20.6. The highest BCUT2D eigenvalue weighted by Gasteiger charge is 2.18. The number of carbonyl (C=O) groups is 1. The fourth-order valence-electron chi connectivity index (χ4n) is 5.45. The molecule has 0 bridgehead atoms. The average molecular weight is 467 g/mol. The second-order valence-electron chi connectivity index (χ2n) is 9.21. The van der Waals surface area contributed by atoms with Crippen LogP contribution in [0.4, 0.5) is 0 Å². The molecule has 0 saturated carbocycles. The van der Waals surface area contributed by atoms with Gasteiger partial charge in [-0.3, -0.25) is 9.89 Å². The van der Waals surface area contributed by atoms with E-state index in [1.165, 1.54) is 21.9 Å². The Morgan fingerprint density at radius 1 is 0.806 bits per heavy atom. The van der Waals surface area contributed by atoms with E-state index in [-0.39, 0.29) is 5.91 Å². The number of nitrogens with one attached hydrogen (secondary N) is 2. The third kappa shape index (κ3) is 3.28. The highest BCUT2D eigenvalue weighted by Crippen LogP contribution is 2.36. The fourth-order valence-corrected chi connectivity index (χ4v) is 5.45. The Hall–Kier alpha value is -4.77. The number of hydrogen-bond donors (Lipinski definition) is 2. The Balaban J connectivity index is 1.19. The first-order valence-electron chi connectivity index (χ1n) is 12.1. The number of nitrogens with zero attached hydrogens (tertiary/aromatic N) is 2. The number of rotatable bonds is 4. The molecule has 0 radical (unpaired) electrons. The largest absolute Gasteiger partial charge is 0.289 e. The minimum atomic E-state index is -0.333. The van der Waals surface area contributed by atoms with Gasteiger partial charge in [0.15, 0.2) is 0 Å². The second kappa shape index (κ2) is 8.17. The smallest absolute Gasteiger partial charge is 0.272 e. The van der Waals surface area contributed by atoms with Crippen LogP contribution in [-0.2, 0) is 12.8 Å². The SMILES string of the molecule is O=C(N/N=C\c1c2ccccc2cc2ccccc12)c1cc(-c2ccc3c4c(cccc24)CC3)n[nH]1. The van der Waals surface area contributed by atoms with Crippen LogP contribution in [0.15, 0.2) is 96.1 Å². The molecule has 5 aromatic carbocycles. The van der Waals surface area contributed by atoms with Gasteiger partial charge in [-0.25, -0.2) is 5.43 Å². The summed E-state index contributed by atoms with van der Waals surface area (Å²) in [5.41, 5.74) is 8.55. The summed E-state index contributed by atoms with van der Waals surface area (Å²) in [5, 5.41) is 18.6. The molecule has 0 aliphatic heterocycles. The van der Waals surface area contributed by atoms with Gasteiger partial charge in [0, 0.05) is 11.1 Å². The number of hydrazone groups is 1. The van der Waals surface area contributed by atoms with Crippen LogP contribution in [0.25, 0.3) is 43.6 Å². The third-order valence-electron chi connectivity index (χ3n) is 7.15. The minimum absolute atomic E-state index is 0.333. The molecule has 1 aliphatic rings. The lowest BCUT2D eigenvalue weighted by Crippen LogP contribution is -2.18. The summed E-state index contributed by atoms with van der Waals surface area (Å²) in [6.45, 7) is 0. The highest BCUT2D eigenvalue weighted by atomic mass is 16.2. The summed E-state index contributed by atoms with van der Waals surface area (Å²) in [6, 6.07) is 31.1. The van der Waals surface area contributed by atoms with Gasteiger partial charge in [-0.05, 0) is 68.4 Å². The lowest BCUT2D eigenvalue weighted by molar-refractivity contribution is 0.0950. The first-order chi connectivity index (χ1) is 17.8. The summed E-state index contributed by atoms with van der Waals surface area (Å²) in [6.07, 6.45) is 3.88. The average Bonchev–Trinajstić information content (AvgIpc) is 3.58. The van der Waals surface area contributed by atoms with E-state index in [9.17, 15) is 4.79 Å². The maximum atomic E-state index is 12.9. The van der Waals surface area contributed by atoms with Crippen molar-refractivity contribution in [3.05, 3.63) is 113 Å². The van der Waals surface area contributed by atoms with Crippen molar-refractivity contribution in [1.82, 2.24) is 15.6 Å². The zero-order valence-corrected chi connectivity index (χ0v) is 19.5. The van der Waals surface area contributed by atoms with Gasteiger partial charge in [-0.1, -0.05) is 78.9 Å². The van der Waals surface area contributed by atoms with Crippen molar-refractivity contribution in [2.45, 2.75) is 12.8 Å². The molecule has 1 aromatic heterocycles. The molecule has 1 amide bonds. The number of benzene rings is 5. The van der Waals surface area contributed by atoms with Gasteiger partial charge in [-0.2, -0.15) is 10.2 Å². The number of aryl methyl sites for hydroxylation is 2. The van der Waals surface area contributed by atoms with Crippen molar-refractivity contribution in [3.8, 4) is 11.3 Å². The van der Waals surface area contributed by atoms with Gasteiger partial charge in [0.2, 0.25) is 0 Å². The number of aromatic nitrogens is 2. The van der Waals surface area contributed by atoms with Gasteiger partial charge >= 0.3 is 0 Å². The van der Waals surface area contributed by atoms with Gasteiger partial charge in [0.05, 0.1) is 11.9 Å². The van der Waals surface area contributed by atoms with E-state index in [0.717, 1.165) is 51.2 Å². The molecule has 0 unspecified atom stereocenters. The normalized spacial score (nSPS) is 12.8. The standard InChI is InChI=1S/C31H22N4O/c36-31(35-32-18-27-23-9-3-1-6-21(23)16-22-7-2-4-10-24(22)27)29-17-28(33-34-29)25-15-14-20-13-12-19-8-5-11-26(25)30(19)20/h1-11,14-18H,12-13H2,(H,33,34)(H,35,36)/b32-18-. The van der Waals surface area contributed by atoms with Crippen molar-refractivity contribution in [1.29, 1.82) is 0 Å². The molecule has 5 nitrogen and oxygen atoms in total. The maximum Gasteiger partial charge on any atom is 0.289 e.